The van der Waals surface area contributed by atoms with Crippen LogP contribution in [0.15, 0.2) is 67.1 Å². The predicted octanol–water partition coefficient (Wildman–Crippen LogP) is 5.14. The molecule has 0 amide bonds. The fourth-order valence-electron chi connectivity index (χ4n) is 3.25. The third-order valence-corrected chi connectivity index (χ3v) is 4.55. The molecule has 4 aromatic rings. The van der Waals surface area contributed by atoms with Gasteiger partial charge in [0.25, 0.3) is 0 Å². The summed E-state index contributed by atoms with van der Waals surface area (Å²) in [5.41, 5.74) is 3.34. The molecule has 2 aromatic heterocycles. The summed E-state index contributed by atoms with van der Waals surface area (Å²) in [7, 11) is 0. The molecule has 4 rings (SSSR count). The molecule has 0 bridgehead atoms. The van der Waals surface area contributed by atoms with Crippen molar-refractivity contribution in [2.24, 2.45) is 0 Å². The van der Waals surface area contributed by atoms with Crippen LogP contribution in [0.4, 0.5) is 17.3 Å². The topological polar surface area (TPSA) is 74.9 Å². The van der Waals surface area contributed by atoms with Gasteiger partial charge in [-0.1, -0.05) is 30.3 Å². The Balaban J connectivity index is 1.40. The highest BCUT2D eigenvalue weighted by atomic mass is 16.5. The highest BCUT2D eigenvalue weighted by Crippen LogP contribution is 2.28. The Bertz CT molecular complexity index is 1090. The molecule has 6 heteroatoms. The van der Waals surface area contributed by atoms with Crippen molar-refractivity contribution < 1.29 is 4.74 Å². The Morgan fingerprint density at radius 2 is 1.79 bits per heavy atom. The standard InChI is InChI=1S/C23H25N5O/c1-16(2)29-21-10-6-5-9-20(21)28-23-13-22(26-15-27-23)24-12-11-17-14-25-19-8-4-3-7-18(17)19/h3-10,13-16,25H,11-12H2,1-2H3,(H2,24,26,27,28). The van der Waals surface area contributed by atoms with Gasteiger partial charge in [-0.25, -0.2) is 9.97 Å². The number of nitrogens with one attached hydrogen (secondary N) is 3. The molecule has 29 heavy (non-hydrogen) atoms. The molecule has 0 aliphatic carbocycles. The smallest absolute Gasteiger partial charge is 0.143 e. The van der Waals surface area contributed by atoms with E-state index in [0.717, 1.165) is 36.0 Å². The number of H-pyrrole nitrogens is 1. The van der Waals surface area contributed by atoms with Crippen molar-refractivity contribution in [3.05, 3.63) is 72.7 Å². The molecular formula is C23H25N5O. The molecule has 2 heterocycles. The minimum atomic E-state index is 0.102. The molecule has 2 aromatic carbocycles. The summed E-state index contributed by atoms with van der Waals surface area (Å²) in [5.74, 6) is 2.30. The van der Waals surface area contributed by atoms with Crippen molar-refractivity contribution in [3.8, 4) is 5.75 Å². The summed E-state index contributed by atoms with van der Waals surface area (Å²) in [6.45, 7) is 4.81. The van der Waals surface area contributed by atoms with Crippen LogP contribution in [0.2, 0.25) is 0 Å². The number of benzene rings is 2. The van der Waals surface area contributed by atoms with E-state index >= 15 is 0 Å². The van der Waals surface area contributed by atoms with Crippen LogP contribution in [0.1, 0.15) is 19.4 Å². The van der Waals surface area contributed by atoms with Crippen molar-refractivity contribution in [3.63, 3.8) is 0 Å². The number of rotatable bonds is 8. The van der Waals surface area contributed by atoms with Gasteiger partial charge < -0.3 is 20.4 Å². The Hall–Kier alpha value is -3.54. The maximum Gasteiger partial charge on any atom is 0.143 e. The first-order valence-electron chi connectivity index (χ1n) is 9.82. The summed E-state index contributed by atoms with van der Waals surface area (Å²) in [4.78, 5) is 12.0. The second-order valence-corrected chi connectivity index (χ2v) is 7.11. The molecule has 0 saturated carbocycles. The van der Waals surface area contributed by atoms with Gasteiger partial charge in [-0.3, -0.25) is 0 Å². The van der Waals surface area contributed by atoms with E-state index in [2.05, 4.69) is 50.0 Å². The lowest BCUT2D eigenvalue weighted by Crippen LogP contribution is -2.08. The lowest BCUT2D eigenvalue weighted by molar-refractivity contribution is 0.244. The Labute approximate surface area is 170 Å². The van der Waals surface area contributed by atoms with E-state index in [4.69, 9.17) is 4.74 Å². The molecular weight excluding hydrogens is 362 g/mol. The summed E-state index contributed by atoms with van der Waals surface area (Å²) < 4.78 is 5.86. The quantitative estimate of drug-likeness (QED) is 0.390. The van der Waals surface area contributed by atoms with Crippen molar-refractivity contribution in [1.29, 1.82) is 0 Å². The van der Waals surface area contributed by atoms with E-state index in [-0.39, 0.29) is 6.10 Å². The minimum absolute atomic E-state index is 0.102. The zero-order valence-corrected chi connectivity index (χ0v) is 16.6. The van der Waals surface area contributed by atoms with E-state index in [0.29, 0.717) is 0 Å². The zero-order chi connectivity index (χ0) is 20.1. The Kier molecular flexibility index (Phi) is 5.61. The van der Waals surface area contributed by atoms with E-state index in [1.54, 1.807) is 6.33 Å². The number of hydrogen-bond acceptors (Lipinski definition) is 5. The van der Waals surface area contributed by atoms with E-state index in [1.165, 1.54) is 16.5 Å². The van der Waals surface area contributed by atoms with E-state index in [9.17, 15) is 0 Å². The monoisotopic (exact) mass is 387 g/mol. The molecule has 6 nitrogen and oxygen atoms in total. The van der Waals surface area contributed by atoms with Gasteiger partial charge in [-0.2, -0.15) is 0 Å². The molecule has 0 aliphatic rings. The number of aromatic nitrogens is 3. The number of anilines is 3. The molecule has 0 aliphatic heterocycles. The largest absolute Gasteiger partial charge is 0.489 e. The molecule has 0 radical (unpaired) electrons. The number of aromatic amines is 1. The second-order valence-electron chi connectivity index (χ2n) is 7.11. The fourth-order valence-corrected chi connectivity index (χ4v) is 3.25. The third kappa shape index (κ3) is 4.66. The maximum atomic E-state index is 5.86. The van der Waals surface area contributed by atoms with Gasteiger partial charge in [0, 0.05) is 29.7 Å². The third-order valence-electron chi connectivity index (χ3n) is 4.55. The minimum Gasteiger partial charge on any atom is -0.489 e. The first kappa shape index (κ1) is 18.8. The maximum absolute atomic E-state index is 5.86. The molecule has 0 atom stereocenters. The van der Waals surface area contributed by atoms with Gasteiger partial charge >= 0.3 is 0 Å². The Morgan fingerprint density at radius 3 is 2.69 bits per heavy atom. The van der Waals surface area contributed by atoms with Crippen LogP contribution in [-0.4, -0.2) is 27.6 Å². The molecule has 0 fully saturated rings. The number of para-hydroxylation sites is 3. The molecule has 0 spiro atoms. The van der Waals surface area contributed by atoms with Gasteiger partial charge in [-0.05, 0) is 44.0 Å². The zero-order valence-electron chi connectivity index (χ0n) is 16.6. The molecule has 0 unspecified atom stereocenters. The van der Waals surface area contributed by atoms with Gasteiger partial charge in [-0.15, -0.1) is 0 Å². The van der Waals surface area contributed by atoms with Crippen LogP contribution in [0.25, 0.3) is 10.9 Å². The predicted molar refractivity (Wildman–Crippen MR) is 118 cm³/mol. The van der Waals surface area contributed by atoms with Gasteiger partial charge in [0.1, 0.15) is 23.7 Å². The van der Waals surface area contributed by atoms with E-state index in [1.807, 2.05) is 50.2 Å². The average Bonchev–Trinajstić information content (AvgIpc) is 3.13. The number of nitrogens with zero attached hydrogens (tertiary/aromatic N) is 2. The summed E-state index contributed by atoms with van der Waals surface area (Å²) in [6.07, 6.45) is 4.64. The van der Waals surface area contributed by atoms with Crippen LogP contribution < -0.4 is 15.4 Å². The van der Waals surface area contributed by atoms with Crippen LogP contribution >= 0.6 is 0 Å². The van der Waals surface area contributed by atoms with Gasteiger partial charge in [0.15, 0.2) is 0 Å². The first-order chi connectivity index (χ1) is 14.2. The fraction of sp³-hybridized carbons (Fsp3) is 0.217. The van der Waals surface area contributed by atoms with Crippen molar-refractivity contribution in [2.45, 2.75) is 26.4 Å². The number of fused-ring (bicyclic) bond motifs is 1. The number of hydrogen-bond donors (Lipinski definition) is 3. The SMILES string of the molecule is CC(C)Oc1ccccc1Nc1cc(NCCc2c[nH]c3ccccc23)ncn1. The summed E-state index contributed by atoms with van der Waals surface area (Å²) >= 11 is 0. The summed E-state index contributed by atoms with van der Waals surface area (Å²) in [6, 6.07) is 18.1. The van der Waals surface area contributed by atoms with Crippen molar-refractivity contribution >= 4 is 28.2 Å². The van der Waals surface area contributed by atoms with E-state index < -0.39 is 0 Å². The van der Waals surface area contributed by atoms with Crippen molar-refractivity contribution in [2.75, 3.05) is 17.2 Å². The normalized spacial score (nSPS) is 11.0. The molecule has 148 valence electrons. The van der Waals surface area contributed by atoms with Crippen molar-refractivity contribution in [1.82, 2.24) is 15.0 Å². The van der Waals surface area contributed by atoms with Crippen LogP contribution in [0.5, 0.6) is 5.75 Å². The van der Waals surface area contributed by atoms with Crippen LogP contribution in [0.3, 0.4) is 0 Å². The average molecular weight is 387 g/mol. The van der Waals surface area contributed by atoms with Crippen LogP contribution in [-0.2, 0) is 6.42 Å². The highest BCUT2D eigenvalue weighted by molar-refractivity contribution is 5.83. The molecule has 0 saturated heterocycles. The van der Waals surface area contributed by atoms with Gasteiger partial charge in [0.2, 0.25) is 0 Å². The first-order valence-corrected chi connectivity index (χ1v) is 9.82. The number of ether oxygens (including phenoxy) is 1. The van der Waals surface area contributed by atoms with Crippen LogP contribution in [0, 0.1) is 0 Å². The summed E-state index contributed by atoms with van der Waals surface area (Å²) in [5, 5.41) is 7.97. The molecule has 3 N–H and O–H groups in total. The highest BCUT2D eigenvalue weighted by Gasteiger charge is 2.07. The second kappa shape index (κ2) is 8.65. The lowest BCUT2D eigenvalue weighted by atomic mass is 10.1. The Morgan fingerprint density at radius 1 is 1.00 bits per heavy atom. The van der Waals surface area contributed by atoms with Gasteiger partial charge in [0.05, 0.1) is 11.8 Å². The lowest BCUT2D eigenvalue weighted by Gasteiger charge is -2.15.